The summed E-state index contributed by atoms with van der Waals surface area (Å²) in [5, 5.41) is 8.63. The van der Waals surface area contributed by atoms with Crippen LogP contribution in [-0.2, 0) is 0 Å². The molecule has 0 spiro atoms. The van der Waals surface area contributed by atoms with Crippen molar-refractivity contribution in [2.75, 3.05) is 13.1 Å². The normalized spacial score (nSPS) is 17.8. The molecule has 2 heteroatoms. The maximum Gasteiger partial charge on any atom is 0.0629 e. The minimum Gasteiger partial charge on any atom is -0.194 e. The summed E-state index contributed by atoms with van der Waals surface area (Å²) < 4.78 is 0. The molecule has 2 atom stereocenters. The molecule has 0 aliphatic rings. The summed E-state index contributed by atoms with van der Waals surface area (Å²) in [7, 11) is 0. The smallest absolute Gasteiger partial charge is 0.0629 e. The van der Waals surface area contributed by atoms with Crippen LogP contribution >= 0.6 is 0 Å². The van der Waals surface area contributed by atoms with Crippen LogP contribution in [-0.4, -0.2) is 13.1 Å². The van der Waals surface area contributed by atoms with Gasteiger partial charge in [-0.25, -0.2) is 0 Å². The van der Waals surface area contributed by atoms with E-state index in [4.69, 9.17) is 0 Å². The monoisotopic (exact) mass is 226 g/mol. The summed E-state index contributed by atoms with van der Waals surface area (Å²) in [6, 6.07) is 0. The van der Waals surface area contributed by atoms with E-state index in [0.29, 0.717) is 22.7 Å². The average molecular weight is 226 g/mol. The number of azo groups is 1. The van der Waals surface area contributed by atoms with Gasteiger partial charge < -0.3 is 0 Å². The van der Waals surface area contributed by atoms with Gasteiger partial charge in [-0.15, -0.1) is 0 Å². The Morgan fingerprint density at radius 1 is 0.688 bits per heavy atom. The third-order valence-corrected chi connectivity index (χ3v) is 3.77. The first-order chi connectivity index (χ1) is 7.05. The molecule has 0 N–H and O–H groups in total. The van der Waals surface area contributed by atoms with Crippen LogP contribution in [0.2, 0.25) is 0 Å². The van der Waals surface area contributed by atoms with E-state index in [-0.39, 0.29) is 0 Å². The summed E-state index contributed by atoms with van der Waals surface area (Å²) in [5.74, 6) is 1.17. The van der Waals surface area contributed by atoms with Gasteiger partial charge >= 0.3 is 0 Å². The molecule has 0 aromatic heterocycles. The van der Waals surface area contributed by atoms with Gasteiger partial charge in [0.25, 0.3) is 0 Å². The van der Waals surface area contributed by atoms with Crippen molar-refractivity contribution in [1.29, 1.82) is 0 Å². The predicted octanol–water partition coefficient (Wildman–Crippen LogP) is 4.80. The molecule has 96 valence electrons. The van der Waals surface area contributed by atoms with Gasteiger partial charge in [0, 0.05) is 0 Å². The quantitative estimate of drug-likeness (QED) is 0.615. The fraction of sp³-hybridized carbons (Fsp3) is 1.00. The Labute approximate surface area is 102 Å². The second-order valence-electron chi connectivity index (χ2n) is 7.18. The van der Waals surface area contributed by atoms with Crippen LogP contribution in [0.1, 0.15) is 55.4 Å². The van der Waals surface area contributed by atoms with E-state index in [1.807, 2.05) is 0 Å². The average Bonchev–Trinajstić information content (AvgIpc) is 2.08. The van der Waals surface area contributed by atoms with Crippen molar-refractivity contribution in [2.24, 2.45) is 32.9 Å². The van der Waals surface area contributed by atoms with E-state index in [1.165, 1.54) is 0 Å². The second-order valence-corrected chi connectivity index (χ2v) is 7.18. The summed E-state index contributed by atoms with van der Waals surface area (Å²) >= 11 is 0. The zero-order valence-corrected chi connectivity index (χ0v) is 12.5. The minimum absolute atomic E-state index is 0.328. The molecule has 2 nitrogen and oxygen atoms in total. The van der Waals surface area contributed by atoms with Gasteiger partial charge in [-0.3, -0.25) is 0 Å². The summed E-state index contributed by atoms with van der Waals surface area (Å²) in [4.78, 5) is 0. The Kier molecular flexibility index (Phi) is 5.64. The highest BCUT2D eigenvalue weighted by molar-refractivity contribution is 4.73. The zero-order chi connectivity index (χ0) is 13.0. The number of nitrogens with zero attached hydrogens (tertiary/aromatic N) is 2. The lowest BCUT2D eigenvalue weighted by Crippen LogP contribution is -2.21. The molecule has 0 rings (SSSR count). The molecule has 0 bridgehead atoms. The van der Waals surface area contributed by atoms with Crippen molar-refractivity contribution in [1.82, 2.24) is 0 Å². The first-order valence-corrected chi connectivity index (χ1v) is 6.38. The lowest BCUT2D eigenvalue weighted by Gasteiger charge is -2.26. The van der Waals surface area contributed by atoms with Gasteiger partial charge in [-0.1, -0.05) is 55.4 Å². The Morgan fingerprint density at radius 3 is 1.12 bits per heavy atom. The van der Waals surface area contributed by atoms with Crippen molar-refractivity contribution in [3.8, 4) is 0 Å². The summed E-state index contributed by atoms with van der Waals surface area (Å²) in [6.45, 7) is 19.7. The molecule has 16 heavy (non-hydrogen) atoms. The zero-order valence-electron chi connectivity index (χ0n) is 12.5. The van der Waals surface area contributed by atoms with Crippen LogP contribution < -0.4 is 0 Å². The van der Waals surface area contributed by atoms with Gasteiger partial charge in [-0.2, -0.15) is 10.2 Å². The van der Waals surface area contributed by atoms with Crippen molar-refractivity contribution in [2.45, 2.75) is 55.4 Å². The Hall–Kier alpha value is -0.400. The van der Waals surface area contributed by atoms with Crippen LogP contribution in [0.15, 0.2) is 10.2 Å². The van der Waals surface area contributed by atoms with Crippen molar-refractivity contribution < 1.29 is 0 Å². The molecule has 0 saturated heterocycles. The van der Waals surface area contributed by atoms with E-state index in [9.17, 15) is 0 Å². The maximum atomic E-state index is 4.32. The SMILES string of the molecule is CC(CN=NCC(C)C(C)(C)C)C(C)(C)C. The molecule has 0 fully saturated rings. The topological polar surface area (TPSA) is 24.7 Å². The largest absolute Gasteiger partial charge is 0.194 e. The molecule has 0 saturated carbocycles. The highest BCUT2D eigenvalue weighted by atomic mass is 15.1. The summed E-state index contributed by atoms with van der Waals surface area (Å²) in [6.07, 6.45) is 0. The fourth-order valence-electron chi connectivity index (χ4n) is 0.908. The van der Waals surface area contributed by atoms with E-state index in [2.05, 4.69) is 65.6 Å². The molecule has 0 aromatic carbocycles. The third kappa shape index (κ3) is 6.24. The molecule has 0 aliphatic carbocycles. The van der Waals surface area contributed by atoms with E-state index in [0.717, 1.165) is 13.1 Å². The van der Waals surface area contributed by atoms with E-state index < -0.39 is 0 Å². The molecule has 0 radical (unpaired) electrons. The van der Waals surface area contributed by atoms with E-state index >= 15 is 0 Å². The fourth-order valence-corrected chi connectivity index (χ4v) is 0.908. The van der Waals surface area contributed by atoms with Crippen molar-refractivity contribution in [3.05, 3.63) is 0 Å². The Balaban J connectivity index is 3.96. The van der Waals surface area contributed by atoms with Crippen molar-refractivity contribution >= 4 is 0 Å². The van der Waals surface area contributed by atoms with Crippen LogP contribution in [0.3, 0.4) is 0 Å². The predicted molar refractivity (Wildman–Crippen MR) is 71.8 cm³/mol. The van der Waals surface area contributed by atoms with Crippen LogP contribution in [0.4, 0.5) is 0 Å². The van der Waals surface area contributed by atoms with Gasteiger partial charge in [0.2, 0.25) is 0 Å². The minimum atomic E-state index is 0.328. The lowest BCUT2D eigenvalue weighted by atomic mass is 9.82. The third-order valence-electron chi connectivity index (χ3n) is 3.77. The summed E-state index contributed by atoms with van der Waals surface area (Å²) in [5.41, 5.74) is 0.656. The first kappa shape index (κ1) is 15.6. The standard InChI is InChI=1S/C14H30N2/c1-11(13(3,4)5)9-15-16-10-12(2)14(6,7)8/h11-12H,9-10H2,1-8H3. The van der Waals surface area contributed by atoms with Gasteiger partial charge in [0.05, 0.1) is 13.1 Å². The van der Waals surface area contributed by atoms with E-state index in [1.54, 1.807) is 0 Å². The number of rotatable bonds is 4. The maximum absolute atomic E-state index is 4.32. The molecule has 0 aliphatic heterocycles. The molecule has 0 heterocycles. The lowest BCUT2D eigenvalue weighted by molar-refractivity contribution is 0.255. The van der Waals surface area contributed by atoms with Crippen LogP contribution in [0.5, 0.6) is 0 Å². The second kappa shape index (κ2) is 5.79. The molecule has 2 unspecified atom stereocenters. The van der Waals surface area contributed by atoms with Crippen LogP contribution in [0.25, 0.3) is 0 Å². The van der Waals surface area contributed by atoms with Gasteiger partial charge in [0.15, 0.2) is 0 Å². The molecule has 0 aromatic rings. The first-order valence-electron chi connectivity index (χ1n) is 6.38. The Morgan fingerprint density at radius 2 is 0.938 bits per heavy atom. The highest BCUT2D eigenvalue weighted by Crippen LogP contribution is 2.27. The molecular formula is C14H30N2. The number of hydrogen-bond donors (Lipinski definition) is 0. The highest BCUT2D eigenvalue weighted by Gasteiger charge is 2.20. The molecular weight excluding hydrogens is 196 g/mol. The van der Waals surface area contributed by atoms with Crippen molar-refractivity contribution in [3.63, 3.8) is 0 Å². The van der Waals surface area contributed by atoms with Crippen LogP contribution in [0, 0.1) is 22.7 Å². The van der Waals surface area contributed by atoms with Gasteiger partial charge in [-0.05, 0) is 22.7 Å². The van der Waals surface area contributed by atoms with Gasteiger partial charge in [0.1, 0.15) is 0 Å². The molecule has 0 amide bonds. The number of hydrogen-bond acceptors (Lipinski definition) is 2. The Bertz CT molecular complexity index is 194.